The van der Waals surface area contributed by atoms with E-state index in [1.807, 2.05) is 35.9 Å². The number of nitro groups is 1. The molecule has 0 unspecified atom stereocenters. The molecule has 0 bridgehead atoms. The molecule has 3 rings (SSSR count). The molecule has 0 aliphatic carbocycles. The van der Waals surface area contributed by atoms with Gasteiger partial charge in [0.1, 0.15) is 17.7 Å². The van der Waals surface area contributed by atoms with Gasteiger partial charge in [-0.05, 0) is 24.6 Å². The normalized spacial score (nSPS) is 10.8. The van der Waals surface area contributed by atoms with Crippen molar-refractivity contribution in [2.24, 2.45) is 0 Å². The summed E-state index contributed by atoms with van der Waals surface area (Å²) in [7, 11) is 0. The predicted molar refractivity (Wildman–Crippen MR) is 83.0 cm³/mol. The monoisotopic (exact) mass is 297 g/mol. The third-order valence-corrected chi connectivity index (χ3v) is 3.37. The van der Waals surface area contributed by atoms with Crippen LogP contribution in [-0.2, 0) is 6.42 Å². The number of anilines is 1. The van der Waals surface area contributed by atoms with Crippen LogP contribution in [0.15, 0.2) is 42.9 Å². The quantitative estimate of drug-likeness (QED) is 0.578. The van der Waals surface area contributed by atoms with E-state index in [2.05, 4.69) is 15.3 Å². The van der Waals surface area contributed by atoms with Crippen molar-refractivity contribution in [3.63, 3.8) is 0 Å². The first-order chi connectivity index (χ1) is 10.6. The van der Waals surface area contributed by atoms with Gasteiger partial charge in [-0.3, -0.25) is 10.1 Å². The number of aryl methyl sites for hydroxylation is 1. The van der Waals surface area contributed by atoms with Gasteiger partial charge in [-0.2, -0.15) is 0 Å². The lowest BCUT2D eigenvalue weighted by atomic mass is 10.3. The van der Waals surface area contributed by atoms with Crippen molar-refractivity contribution in [2.75, 3.05) is 11.9 Å². The van der Waals surface area contributed by atoms with Crippen LogP contribution in [0.4, 0.5) is 11.5 Å². The van der Waals surface area contributed by atoms with E-state index in [0.717, 1.165) is 23.3 Å². The number of pyridine rings is 2. The molecule has 0 aromatic carbocycles. The van der Waals surface area contributed by atoms with Gasteiger partial charge in [0.05, 0.1) is 10.6 Å². The van der Waals surface area contributed by atoms with Crippen molar-refractivity contribution in [2.45, 2.75) is 13.3 Å². The average molecular weight is 297 g/mol. The lowest BCUT2D eigenvalue weighted by Crippen LogP contribution is -2.06. The fraction of sp³-hybridized carbons (Fsp3) is 0.200. The Balaban J connectivity index is 1.62. The molecule has 0 fully saturated rings. The van der Waals surface area contributed by atoms with Crippen molar-refractivity contribution in [1.29, 1.82) is 0 Å². The predicted octanol–water partition coefficient (Wildman–Crippen LogP) is 2.60. The Bertz CT molecular complexity index is 810. The molecule has 0 aliphatic rings. The van der Waals surface area contributed by atoms with Crippen LogP contribution in [0.1, 0.15) is 11.3 Å². The van der Waals surface area contributed by atoms with E-state index >= 15 is 0 Å². The molecule has 7 nitrogen and oxygen atoms in total. The SMILES string of the molecule is Cc1cccn2cc(CCNc3ccc([N+](=O)[O-])cn3)nc12. The summed E-state index contributed by atoms with van der Waals surface area (Å²) in [4.78, 5) is 18.7. The standard InChI is InChI=1S/C15H15N5O2/c1-11-3-2-8-19-10-12(18-15(11)19)6-7-16-14-5-4-13(9-17-14)20(21)22/h2-5,8-10H,6-7H2,1H3,(H,16,17). The molecule has 0 aliphatic heterocycles. The van der Waals surface area contributed by atoms with E-state index in [0.29, 0.717) is 12.4 Å². The van der Waals surface area contributed by atoms with Crippen LogP contribution in [0.2, 0.25) is 0 Å². The maximum atomic E-state index is 10.6. The van der Waals surface area contributed by atoms with Gasteiger partial charge in [0.25, 0.3) is 5.69 Å². The molecule has 0 radical (unpaired) electrons. The van der Waals surface area contributed by atoms with Crippen LogP contribution >= 0.6 is 0 Å². The Hall–Kier alpha value is -2.96. The van der Waals surface area contributed by atoms with Gasteiger partial charge >= 0.3 is 0 Å². The number of nitrogens with zero attached hydrogens (tertiary/aromatic N) is 4. The molecule has 22 heavy (non-hydrogen) atoms. The topological polar surface area (TPSA) is 85.4 Å². The van der Waals surface area contributed by atoms with E-state index in [4.69, 9.17) is 0 Å². The molecule has 3 heterocycles. The van der Waals surface area contributed by atoms with E-state index in [1.165, 1.54) is 12.3 Å². The van der Waals surface area contributed by atoms with Crippen LogP contribution in [0.5, 0.6) is 0 Å². The molecule has 112 valence electrons. The second-order valence-corrected chi connectivity index (χ2v) is 4.99. The minimum absolute atomic E-state index is 0.0126. The third-order valence-electron chi connectivity index (χ3n) is 3.37. The first kappa shape index (κ1) is 14.0. The molecule has 0 saturated heterocycles. The van der Waals surface area contributed by atoms with Gasteiger partial charge in [-0.15, -0.1) is 0 Å². The van der Waals surface area contributed by atoms with Gasteiger partial charge < -0.3 is 9.72 Å². The van der Waals surface area contributed by atoms with Gasteiger partial charge in [0.2, 0.25) is 0 Å². The lowest BCUT2D eigenvalue weighted by molar-refractivity contribution is -0.385. The number of fused-ring (bicyclic) bond motifs is 1. The summed E-state index contributed by atoms with van der Waals surface area (Å²) in [5.74, 6) is 0.616. The summed E-state index contributed by atoms with van der Waals surface area (Å²) >= 11 is 0. The minimum Gasteiger partial charge on any atom is -0.370 e. The van der Waals surface area contributed by atoms with E-state index in [-0.39, 0.29) is 5.69 Å². The summed E-state index contributed by atoms with van der Waals surface area (Å²) in [5.41, 5.74) is 3.08. The number of hydrogen-bond acceptors (Lipinski definition) is 5. The third kappa shape index (κ3) is 2.88. The highest BCUT2D eigenvalue weighted by molar-refractivity contribution is 5.48. The maximum absolute atomic E-state index is 10.6. The smallest absolute Gasteiger partial charge is 0.287 e. The lowest BCUT2D eigenvalue weighted by Gasteiger charge is -2.03. The van der Waals surface area contributed by atoms with Crippen molar-refractivity contribution >= 4 is 17.2 Å². The number of nitrogens with one attached hydrogen (secondary N) is 1. The summed E-state index contributed by atoms with van der Waals surface area (Å²) in [6.45, 7) is 2.69. The molecule has 3 aromatic heterocycles. The van der Waals surface area contributed by atoms with Gasteiger partial charge in [0.15, 0.2) is 0 Å². The van der Waals surface area contributed by atoms with Crippen molar-refractivity contribution < 1.29 is 4.92 Å². The van der Waals surface area contributed by atoms with Crippen molar-refractivity contribution in [3.05, 3.63) is 64.2 Å². The fourth-order valence-corrected chi connectivity index (χ4v) is 2.24. The first-order valence-corrected chi connectivity index (χ1v) is 6.91. The highest BCUT2D eigenvalue weighted by atomic mass is 16.6. The molecule has 0 amide bonds. The number of aromatic nitrogens is 3. The minimum atomic E-state index is -0.463. The summed E-state index contributed by atoms with van der Waals surface area (Å²) in [6.07, 6.45) is 5.98. The van der Waals surface area contributed by atoms with Crippen molar-refractivity contribution in [1.82, 2.24) is 14.4 Å². The highest BCUT2D eigenvalue weighted by Crippen LogP contribution is 2.13. The number of rotatable bonds is 5. The molecule has 0 saturated carbocycles. The second kappa shape index (κ2) is 5.80. The summed E-state index contributed by atoms with van der Waals surface area (Å²) < 4.78 is 2.01. The van der Waals surface area contributed by atoms with Crippen LogP contribution in [0, 0.1) is 17.0 Å². The first-order valence-electron chi connectivity index (χ1n) is 6.91. The Kier molecular flexibility index (Phi) is 3.69. The van der Waals surface area contributed by atoms with E-state index < -0.39 is 4.92 Å². The zero-order chi connectivity index (χ0) is 15.5. The summed E-state index contributed by atoms with van der Waals surface area (Å²) in [5, 5.41) is 13.7. The van der Waals surface area contributed by atoms with Gasteiger partial charge in [-0.1, -0.05) is 6.07 Å². The largest absolute Gasteiger partial charge is 0.370 e. The Labute approximate surface area is 126 Å². The van der Waals surface area contributed by atoms with Gasteiger partial charge in [0, 0.05) is 31.4 Å². The van der Waals surface area contributed by atoms with Crippen LogP contribution < -0.4 is 5.32 Å². The Morgan fingerprint density at radius 1 is 1.36 bits per heavy atom. The molecule has 7 heteroatoms. The molecule has 0 atom stereocenters. The molecular weight excluding hydrogens is 282 g/mol. The number of imidazole rings is 1. The fourth-order valence-electron chi connectivity index (χ4n) is 2.24. The van der Waals surface area contributed by atoms with Crippen LogP contribution in [-0.4, -0.2) is 25.8 Å². The van der Waals surface area contributed by atoms with Crippen molar-refractivity contribution in [3.8, 4) is 0 Å². The zero-order valence-corrected chi connectivity index (χ0v) is 12.1. The van der Waals surface area contributed by atoms with Gasteiger partial charge in [-0.25, -0.2) is 9.97 Å². The zero-order valence-electron chi connectivity index (χ0n) is 12.1. The van der Waals surface area contributed by atoms with Crippen LogP contribution in [0.25, 0.3) is 5.65 Å². The maximum Gasteiger partial charge on any atom is 0.287 e. The number of hydrogen-bond donors (Lipinski definition) is 1. The molecule has 1 N–H and O–H groups in total. The average Bonchev–Trinajstić information content (AvgIpc) is 2.92. The highest BCUT2D eigenvalue weighted by Gasteiger charge is 2.06. The molecular formula is C15H15N5O2. The second-order valence-electron chi connectivity index (χ2n) is 4.99. The Morgan fingerprint density at radius 2 is 2.23 bits per heavy atom. The molecule has 3 aromatic rings. The van der Waals surface area contributed by atoms with E-state index in [9.17, 15) is 10.1 Å². The van der Waals surface area contributed by atoms with Crippen LogP contribution in [0.3, 0.4) is 0 Å². The Morgan fingerprint density at radius 3 is 2.91 bits per heavy atom. The molecule has 0 spiro atoms. The van der Waals surface area contributed by atoms with E-state index in [1.54, 1.807) is 6.07 Å². The summed E-state index contributed by atoms with van der Waals surface area (Å²) in [6, 6.07) is 7.06.